The van der Waals surface area contributed by atoms with Crippen molar-refractivity contribution in [1.29, 1.82) is 0 Å². The first kappa shape index (κ1) is 36.7. The smallest absolute Gasteiger partial charge is 1.00 e. The van der Waals surface area contributed by atoms with Gasteiger partial charge in [0.25, 0.3) is 0 Å². The van der Waals surface area contributed by atoms with Crippen molar-refractivity contribution in [2.45, 2.75) is 39.3 Å². The van der Waals surface area contributed by atoms with E-state index in [0.717, 1.165) is 0 Å². The van der Waals surface area contributed by atoms with Crippen LogP contribution in [0.4, 0.5) is 0 Å². The summed E-state index contributed by atoms with van der Waals surface area (Å²) < 4.78 is 3.58. The second-order valence-corrected chi connectivity index (χ2v) is 16.6. The second-order valence-electron chi connectivity index (χ2n) is 4.52. The van der Waals surface area contributed by atoms with E-state index in [-0.39, 0.29) is 71.5 Å². The summed E-state index contributed by atoms with van der Waals surface area (Å²) in [5, 5.41) is 0. The number of nitrogens with zero attached hydrogens (tertiary/aromatic N) is 6. The van der Waals surface area contributed by atoms with E-state index in [0.29, 0.717) is 0 Å². The number of azide groups is 1. The molecule has 6 nitrogen and oxygen atoms in total. The van der Waals surface area contributed by atoms with Crippen LogP contribution in [-0.4, -0.2) is 15.6 Å². The number of hydrogen-bond donors (Lipinski definition) is 0. The Bertz CT molecular complexity index is 237. The van der Waals surface area contributed by atoms with E-state index >= 15 is 0 Å². The number of halogens is 2. The minimum absolute atomic E-state index is 0. The molecule has 0 saturated carbocycles. The van der Waals surface area contributed by atoms with Gasteiger partial charge in [0.2, 0.25) is 0 Å². The van der Waals surface area contributed by atoms with Gasteiger partial charge in [-0.05, 0) is 10.4 Å². The zero-order valence-electron chi connectivity index (χ0n) is 12.4. The number of rotatable bonds is 1. The molecule has 0 amide bonds. The Hall–Kier alpha value is 1.63. The molecule has 0 aliphatic carbocycles. The molecule has 0 aromatic rings. The first-order valence-electron chi connectivity index (χ1n) is 4.21. The van der Waals surface area contributed by atoms with Crippen molar-refractivity contribution in [3.8, 4) is 0 Å². The third kappa shape index (κ3) is 154. The van der Waals surface area contributed by atoms with Gasteiger partial charge in [-0.1, -0.05) is 39.3 Å². The molecule has 96 valence electrons. The fraction of sp³-hybridized carbons (Fsp3) is 1.00. The van der Waals surface area contributed by atoms with Crippen LogP contribution < -0.4 is 71.5 Å². The Morgan fingerprint density at radius 1 is 0.889 bits per heavy atom. The average molecular weight is 347 g/mol. The van der Waals surface area contributed by atoms with Gasteiger partial charge in [0, 0.05) is 0 Å². The van der Waals surface area contributed by atoms with Crippen molar-refractivity contribution in [3.05, 3.63) is 26.4 Å². The van der Waals surface area contributed by atoms with E-state index in [1.165, 1.54) is 4.91 Å². The van der Waals surface area contributed by atoms with Crippen LogP contribution in [0.2, 0.25) is 39.3 Å². The summed E-state index contributed by atoms with van der Waals surface area (Å²) in [5.74, 6) is 0. The molecule has 0 aromatic carbocycles. The fourth-order valence-corrected chi connectivity index (χ4v) is 0.402. The maximum absolute atomic E-state index is 7.89. The van der Waals surface area contributed by atoms with E-state index in [1.54, 1.807) is 0 Å². The molecule has 0 rings (SSSR count). The summed E-state index contributed by atoms with van der Waals surface area (Å²) in [4.78, 5) is 4.19. The van der Waals surface area contributed by atoms with E-state index in [1.807, 2.05) is 19.6 Å². The normalized spacial score (nSPS) is 7.72. The molecule has 0 atom stereocenters. The summed E-state index contributed by atoms with van der Waals surface area (Å²) in [7, 11) is -2.59. The van der Waals surface area contributed by atoms with Crippen molar-refractivity contribution < 1.29 is 71.5 Å². The standard InChI is InChI=1S/C3H9ClSi.C3H9N3Si.ClH.N3.2Na/c1-5(2,3)4;1-7(2,3)6-5-4;;1-3-2;;/h1-3H3;1-3H3;1H;;;/q;;;-1;2*+1/p-1. The van der Waals surface area contributed by atoms with Gasteiger partial charge in [0.15, 0.2) is 0 Å². The van der Waals surface area contributed by atoms with Crippen LogP contribution in [0.3, 0.4) is 0 Å². The van der Waals surface area contributed by atoms with Crippen LogP contribution in [0.1, 0.15) is 0 Å². The minimum atomic E-state index is -1.45. The predicted octanol–water partition coefficient (Wildman–Crippen LogP) is -3.93. The Morgan fingerprint density at radius 3 is 1.06 bits per heavy atom. The quantitative estimate of drug-likeness (QED) is 0.152. The van der Waals surface area contributed by atoms with Gasteiger partial charge in [-0.2, -0.15) is 11.1 Å². The van der Waals surface area contributed by atoms with Crippen LogP contribution in [-0.2, 0) is 0 Å². The summed E-state index contributed by atoms with van der Waals surface area (Å²) >= 11 is 5.67. The van der Waals surface area contributed by atoms with Crippen LogP contribution >= 0.6 is 11.1 Å². The largest absolute Gasteiger partial charge is 1.00 e. The summed E-state index contributed by atoms with van der Waals surface area (Å²) in [5.41, 5.74) is 21.4. The van der Waals surface area contributed by atoms with Crippen molar-refractivity contribution in [3.63, 3.8) is 0 Å². The first-order valence-corrected chi connectivity index (χ1v) is 12.2. The third-order valence-corrected chi connectivity index (χ3v) is 1.03. The molecule has 0 saturated heterocycles. The van der Waals surface area contributed by atoms with Gasteiger partial charge in [0.05, 0.1) is 0 Å². The molecular weight excluding hydrogens is 329 g/mol. The summed E-state index contributed by atoms with van der Waals surface area (Å²) in [6, 6.07) is 0. The summed E-state index contributed by atoms with van der Waals surface area (Å²) in [6.07, 6.45) is 0. The molecule has 0 aromatic heterocycles. The minimum Gasteiger partial charge on any atom is -1.00 e. The van der Waals surface area contributed by atoms with Gasteiger partial charge < -0.3 is 23.5 Å². The number of hydrogen-bond acceptors (Lipinski definition) is 1. The third-order valence-electron chi connectivity index (χ3n) is 0.345. The van der Waals surface area contributed by atoms with Crippen molar-refractivity contribution in [2.75, 3.05) is 0 Å². The summed E-state index contributed by atoms with van der Waals surface area (Å²) in [6.45, 7) is 12.3. The molecule has 0 aliphatic heterocycles. The second kappa shape index (κ2) is 20.9. The molecule has 0 fully saturated rings. The van der Waals surface area contributed by atoms with Crippen LogP contribution in [0, 0.1) is 0 Å². The van der Waals surface area contributed by atoms with Gasteiger partial charge >= 0.3 is 59.1 Å². The fourth-order valence-electron chi connectivity index (χ4n) is 0.134. The first-order chi connectivity index (χ1) is 6.47. The molecule has 0 radical (unpaired) electrons. The van der Waals surface area contributed by atoms with Crippen LogP contribution in [0.15, 0.2) is 4.78 Å². The monoisotopic (exact) mass is 346 g/mol. The van der Waals surface area contributed by atoms with E-state index in [4.69, 9.17) is 27.7 Å². The van der Waals surface area contributed by atoms with Crippen LogP contribution in [0.25, 0.3) is 26.4 Å². The Labute approximate surface area is 166 Å². The molecular formula is C6H18Cl2N6Na2Si2. The maximum atomic E-state index is 7.89. The van der Waals surface area contributed by atoms with Crippen molar-refractivity contribution in [1.82, 2.24) is 0 Å². The molecule has 0 N–H and O–H groups in total. The average Bonchev–Trinajstić information content (AvgIpc) is 1.80. The Kier molecular flexibility index (Phi) is 42.7. The molecule has 0 spiro atoms. The van der Waals surface area contributed by atoms with Gasteiger partial charge in [-0.15, -0.1) is 4.78 Å². The molecule has 12 heteroatoms. The van der Waals surface area contributed by atoms with E-state index < -0.39 is 15.6 Å². The topological polar surface area (TPSA) is 107 Å². The molecule has 18 heavy (non-hydrogen) atoms. The molecule has 0 unspecified atom stereocenters. The molecule has 0 heterocycles. The van der Waals surface area contributed by atoms with E-state index in [9.17, 15) is 0 Å². The predicted molar refractivity (Wildman–Crippen MR) is 71.8 cm³/mol. The SMILES string of the molecule is C[Si](C)(C)Cl.C[Si](C)(C)N=[N+]=[N-].[Cl-].[N-]=[N+]=[N-].[Na+].[Na+]. The maximum Gasteiger partial charge on any atom is 1.00 e. The molecule has 0 bridgehead atoms. The van der Waals surface area contributed by atoms with Gasteiger partial charge in [-0.3, -0.25) is 4.91 Å². The van der Waals surface area contributed by atoms with Crippen molar-refractivity contribution in [2.24, 2.45) is 4.78 Å². The Morgan fingerprint density at radius 2 is 1.06 bits per heavy atom. The van der Waals surface area contributed by atoms with Crippen LogP contribution in [0.5, 0.6) is 0 Å². The zero-order valence-corrected chi connectivity index (χ0v) is 20.0. The van der Waals surface area contributed by atoms with E-state index in [2.05, 4.69) is 29.3 Å². The molecule has 0 aliphatic rings. The Balaban J connectivity index is -0.0000000296. The van der Waals surface area contributed by atoms with Crippen molar-refractivity contribution >= 4 is 26.7 Å². The zero-order chi connectivity index (χ0) is 13.1. The van der Waals surface area contributed by atoms with Gasteiger partial charge in [0.1, 0.15) is 15.6 Å². The van der Waals surface area contributed by atoms with Gasteiger partial charge in [-0.25, -0.2) is 0 Å².